The molecule has 1 atom stereocenters. The number of nitrogens with zero attached hydrogens (tertiary/aromatic N) is 2. The van der Waals surface area contributed by atoms with E-state index in [-0.39, 0.29) is 12.0 Å². The van der Waals surface area contributed by atoms with Gasteiger partial charge in [0.05, 0.1) is 18.5 Å². The van der Waals surface area contributed by atoms with Crippen molar-refractivity contribution >= 4 is 17.3 Å². The molecule has 0 saturated heterocycles. The highest BCUT2D eigenvalue weighted by Crippen LogP contribution is 2.32. The Hall–Kier alpha value is -1.75. The zero-order valence-electron chi connectivity index (χ0n) is 12.7. The van der Waals surface area contributed by atoms with Crippen molar-refractivity contribution in [1.29, 1.82) is 0 Å². The van der Waals surface area contributed by atoms with E-state index >= 15 is 0 Å². The maximum absolute atomic E-state index is 12.0. The Morgan fingerprint density at radius 2 is 2.05 bits per heavy atom. The molecule has 1 N–H and O–H groups in total. The van der Waals surface area contributed by atoms with E-state index in [1.165, 1.54) is 18.5 Å². The number of benzene rings is 1. The summed E-state index contributed by atoms with van der Waals surface area (Å²) >= 11 is 0. The molecule has 0 bridgehead atoms. The molecule has 21 heavy (non-hydrogen) atoms. The van der Waals surface area contributed by atoms with Gasteiger partial charge in [-0.25, -0.2) is 0 Å². The second-order valence-corrected chi connectivity index (χ2v) is 5.87. The van der Waals surface area contributed by atoms with Crippen molar-refractivity contribution in [3.8, 4) is 0 Å². The molecule has 1 aromatic carbocycles. The second-order valence-electron chi connectivity index (χ2n) is 5.87. The van der Waals surface area contributed by atoms with Gasteiger partial charge < -0.3 is 19.9 Å². The standard InChI is InChI=1S/C16H23N3O2/c1-18-9-10-19(15-6-4-3-5-14(15)18)11-13(16(20)21-2)17-12-7-8-12/h3-6,12-13,17H,7-11H2,1-2H3. The summed E-state index contributed by atoms with van der Waals surface area (Å²) in [7, 11) is 3.57. The first-order valence-corrected chi connectivity index (χ1v) is 7.58. The maximum Gasteiger partial charge on any atom is 0.324 e. The summed E-state index contributed by atoms with van der Waals surface area (Å²) in [5.41, 5.74) is 2.41. The molecule has 1 saturated carbocycles. The van der Waals surface area contributed by atoms with Gasteiger partial charge in [-0.3, -0.25) is 4.79 Å². The smallest absolute Gasteiger partial charge is 0.324 e. The molecule has 3 rings (SSSR count). The summed E-state index contributed by atoms with van der Waals surface area (Å²) in [4.78, 5) is 16.5. The molecule has 1 heterocycles. The Kier molecular flexibility index (Phi) is 4.01. The van der Waals surface area contributed by atoms with Crippen molar-refractivity contribution in [2.24, 2.45) is 0 Å². The van der Waals surface area contributed by atoms with Gasteiger partial charge in [0, 0.05) is 32.7 Å². The minimum absolute atomic E-state index is 0.168. The number of esters is 1. The van der Waals surface area contributed by atoms with Crippen LogP contribution in [0.4, 0.5) is 11.4 Å². The van der Waals surface area contributed by atoms with E-state index in [1.807, 2.05) is 6.07 Å². The number of carbonyl (C=O) groups excluding carboxylic acids is 1. The number of hydrogen-bond acceptors (Lipinski definition) is 5. The number of nitrogens with one attached hydrogen (secondary N) is 1. The van der Waals surface area contributed by atoms with Crippen LogP contribution < -0.4 is 15.1 Å². The van der Waals surface area contributed by atoms with Crippen LogP contribution in [-0.4, -0.2) is 51.8 Å². The van der Waals surface area contributed by atoms with Crippen molar-refractivity contribution in [3.05, 3.63) is 24.3 Å². The second kappa shape index (κ2) is 5.93. The highest BCUT2D eigenvalue weighted by atomic mass is 16.5. The number of ether oxygens (including phenoxy) is 1. The highest BCUT2D eigenvalue weighted by Gasteiger charge is 2.31. The molecular weight excluding hydrogens is 266 g/mol. The average molecular weight is 289 g/mol. The van der Waals surface area contributed by atoms with Crippen molar-refractivity contribution < 1.29 is 9.53 Å². The normalized spacial score (nSPS) is 19.1. The van der Waals surface area contributed by atoms with Crippen molar-refractivity contribution in [3.63, 3.8) is 0 Å². The fourth-order valence-corrected chi connectivity index (χ4v) is 2.85. The molecule has 1 fully saturated rings. The monoisotopic (exact) mass is 289 g/mol. The van der Waals surface area contributed by atoms with Gasteiger partial charge in [0.25, 0.3) is 0 Å². The molecule has 5 nitrogen and oxygen atoms in total. The zero-order chi connectivity index (χ0) is 14.8. The molecule has 0 amide bonds. The molecule has 1 aromatic rings. The summed E-state index contributed by atoms with van der Waals surface area (Å²) in [6.07, 6.45) is 2.32. The molecule has 1 aliphatic carbocycles. The van der Waals surface area contributed by atoms with Crippen LogP contribution in [0.3, 0.4) is 0 Å². The number of anilines is 2. The first-order chi connectivity index (χ1) is 10.2. The van der Waals surface area contributed by atoms with Crippen molar-refractivity contribution in [2.45, 2.75) is 24.9 Å². The number of rotatable bonds is 5. The number of carbonyl (C=O) groups is 1. The van der Waals surface area contributed by atoms with Gasteiger partial charge in [-0.1, -0.05) is 12.1 Å². The largest absolute Gasteiger partial charge is 0.468 e. The maximum atomic E-state index is 12.0. The first-order valence-electron chi connectivity index (χ1n) is 7.58. The molecule has 1 aliphatic heterocycles. The summed E-state index contributed by atoms with van der Waals surface area (Å²) in [5, 5.41) is 3.40. The molecule has 0 spiro atoms. The van der Waals surface area contributed by atoms with Gasteiger partial charge in [0.15, 0.2) is 0 Å². The Balaban J connectivity index is 1.76. The van der Waals surface area contributed by atoms with Crippen LogP contribution in [-0.2, 0) is 9.53 Å². The minimum Gasteiger partial charge on any atom is -0.468 e. The number of likely N-dealkylation sites (N-methyl/N-ethyl adjacent to an activating group) is 1. The van der Waals surface area contributed by atoms with Gasteiger partial charge >= 0.3 is 5.97 Å². The van der Waals surface area contributed by atoms with E-state index in [9.17, 15) is 4.79 Å². The summed E-state index contributed by atoms with van der Waals surface area (Å²) in [6, 6.07) is 8.58. The summed E-state index contributed by atoms with van der Waals surface area (Å²) in [6.45, 7) is 2.55. The molecule has 2 aliphatic rings. The first kappa shape index (κ1) is 14.2. The van der Waals surface area contributed by atoms with Gasteiger partial charge in [-0.15, -0.1) is 0 Å². The van der Waals surface area contributed by atoms with Crippen molar-refractivity contribution in [1.82, 2.24) is 5.32 Å². The quantitative estimate of drug-likeness (QED) is 0.826. The lowest BCUT2D eigenvalue weighted by Gasteiger charge is -2.38. The van der Waals surface area contributed by atoms with E-state index < -0.39 is 0 Å². The molecule has 114 valence electrons. The van der Waals surface area contributed by atoms with Crippen LogP contribution in [0, 0.1) is 0 Å². The number of fused-ring (bicyclic) bond motifs is 1. The van der Waals surface area contributed by atoms with E-state index in [0.717, 1.165) is 25.9 Å². The zero-order valence-corrected chi connectivity index (χ0v) is 12.7. The Morgan fingerprint density at radius 3 is 2.71 bits per heavy atom. The van der Waals surface area contributed by atoms with E-state index in [4.69, 9.17) is 4.74 Å². The Morgan fingerprint density at radius 1 is 1.33 bits per heavy atom. The highest BCUT2D eigenvalue weighted by molar-refractivity contribution is 5.78. The number of methoxy groups -OCH3 is 1. The molecule has 0 aromatic heterocycles. The fraction of sp³-hybridized carbons (Fsp3) is 0.562. The van der Waals surface area contributed by atoms with Gasteiger partial charge in [-0.05, 0) is 25.0 Å². The van der Waals surface area contributed by atoms with Crippen LogP contribution in [0.5, 0.6) is 0 Å². The summed E-state index contributed by atoms with van der Waals surface area (Å²) in [5.74, 6) is -0.168. The third-order valence-corrected chi connectivity index (χ3v) is 4.24. The fourth-order valence-electron chi connectivity index (χ4n) is 2.85. The van der Waals surface area contributed by atoms with Crippen LogP contribution in [0.25, 0.3) is 0 Å². The molecular formula is C16H23N3O2. The van der Waals surface area contributed by atoms with E-state index in [1.54, 1.807) is 0 Å². The van der Waals surface area contributed by atoms with Crippen LogP contribution in [0.15, 0.2) is 24.3 Å². The van der Waals surface area contributed by atoms with Crippen LogP contribution in [0.1, 0.15) is 12.8 Å². The lowest BCUT2D eigenvalue weighted by molar-refractivity contribution is -0.142. The third-order valence-electron chi connectivity index (χ3n) is 4.24. The number of hydrogen-bond donors (Lipinski definition) is 1. The lowest BCUT2D eigenvalue weighted by atomic mass is 10.1. The average Bonchev–Trinajstić information content (AvgIpc) is 3.32. The third kappa shape index (κ3) is 3.13. The van der Waals surface area contributed by atoms with Crippen LogP contribution in [0.2, 0.25) is 0 Å². The van der Waals surface area contributed by atoms with E-state index in [0.29, 0.717) is 12.6 Å². The topological polar surface area (TPSA) is 44.8 Å². The van der Waals surface area contributed by atoms with Crippen molar-refractivity contribution in [2.75, 3.05) is 43.6 Å². The van der Waals surface area contributed by atoms with Gasteiger partial charge in [-0.2, -0.15) is 0 Å². The Bertz CT molecular complexity index is 516. The molecule has 5 heteroatoms. The van der Waals surface area contributed by atoms with Crippen LogP contribution >= 0.6 is 0 Å². The summed E-state index contributed by atoms with van der Waals surface area (Å²) < 4.78 is 4.95. The SMILES string of the molecule is COC(=O)C(CN1CCN(C)c2ccccc21)NC1CC1. The van der Waals surface area contributed by atoms with E-state index in [2.05, 4.69) is 40.4 Å². The lowest BCUT2D eigenvalue weighted by Crippen LogP contribution is -2.50. The van der Waals surface area contributed by atoms with Gasteiger partial charge in [0.2, 0.25) is 0 Å². The molecule has 1 unspecified atom stereocenters. The van der Waals surface area contributed by atoms with Gasteiger partial charge in [0.1, 0.15) is 6.04 Å². The predicted octanol–water partition coefficient (Wildman–Crippen LogP) is 1.24. The number of para-hydroxylation sites is 2. The minimum atomic E-state index is -0.251. The Labute approximate surface area is 125 Å². The predicted molar refractivity (Wildman–Crippen MR) is 83.9 cm³/mol. The molecule has 0 radical (unpaired) electrons.